The molecule has 0 radical (unpaired) electrons. The summed E-state index contributed by atoms with van der Waals surface area (Å²) in [6, 6.07) is 20.3. The molecule has 1 aromatic heterocycles. The maximum absolute atomic E-state index is 13.3. The van der Waals surface area contributed by atoms with E-state index in [9.17, 15) is 10.1 Å². The Balaban J connectivity index is 1.77. The van der Waals surface area contributed by atoms with Gasteiger partial charge in [-0.2, -0.15) is 15.0 Å². The summed E-state index contributed by atoms with van der Waals surface area (Å²) in [7, 11) is 1.55. The lowest BCUT2D eigenvalue weighted by Crippen LogP contribution is -2.23. The predicted molar refractivity (Wildman–Crippen MR) is 139 cm³/mol. The number of fused-ring (bicyclic) bond motifs is 1. The van der Waals surface area contributed by atoms with Gasteiger partial charge in [-0.05, 0) is 36.4 Å². The second-order valence-electron chi connectivity index (χ2n) is 8.08. The molecule has 176 valence electrons. The van der Waals surface area contributed by atoms with Gasteiger partial charge < -0.3 is 9.47 Å². The second kappa shape index (κ2) is 10.5. The molecule has 4 aromatic rings. The van der Waals surface area contributed by atoms with E-state index in [1.54, 1.807) is 31.5 Å². The highest BCUT2D eigenvalue weighted by Gasteiger charge is 2.15. The Bertz CT molecular complexity index is 1520. The molecule has 3 aromatic carbocycles. The van der Waals surface area contributed by atoms with Gasteiger partial charge in [0, 0.05) is 21.5 Å². The first kappa shape index (κ1) is 24.2. The normalized spacial score (nSPS) is 11.2. The third kappa shape index (κ3) is 5.10. The molecule has 0 amide bonds. The van der Waals surface area contributed by atoms with Crippen LogP contribution in [0.25, 0.3) is 10.9 Å². The van der Waals surface area contributed by atoms with Crippen molar-refractivity contribution in [1.82, 2.24) is 9.66 Å². The van der Waals surface area contributed by atoms with Crippen LogP contribution < -0.4 is 15.0 Å². The summed E-state index contributed by atoms with van der Waals surface area (Å²) in [5.74, 6) is 1.49. The number of nitriles is 1. The van der Waals surface area contributed by atoms with E-state index in [0.717, 1.165) is 10.0 Å². The summed E-state index contributed by atoms with van der Waals surface area (Å²) in [6.45, 7) is 4.10. The van der Waals surface area contributed by atoms with Crippen LogP contribution in [0.4, 0.5) is 0 Å². The van der Waals surface area contributed by atoms with Crippen molar-refractivity contribution in [2.24, 2.45) is 5.10 Å². The van der Waals surface area contributed by atoms with Crippen LogP contribution in [0.2, 0.25) is 0 Å². The topological polar surface area (TPSA) is 89.5 Å². The zero-order chi connectivity index (χ0) is 24.9. The Hall–Kier alpha value is -3.96. The molecule has 0 fully saturated rings. The fourth-order valence-corrected chi connectivity index (χ4v) is 3.99. The van der Waals surface area contributed by atoms with Gasteiger partial charge in [0.05, 0.1) is 35.9 Å². The SMILES string of the molecule is COc1cccc(C=Nn2c(C(C)C)nc3ccc(Br)cc3c2=O)c1OCc1ccccc1C#N. The first-order chi connectivity index (χ1) is 16.9. The first-order valence-electron chi connectivity index (χ1n) is 11.0. The van der Waals surface area contributed by atoms with Crippen LogP contribution in [0, 0.1) is 11.3 Å². The van der Waals surface area contributed by atoms with Crippen molar-refractivity contribution in [3.05, 3.63) is 98.0 Å². The molecule has 7 nitrogen and oxygen atoms in total. The van der Waals surface area contributed by atoms with E-state index in [0.29, 0.717) is 39.4 Å². The number of hydrogen-bond donors (Lipinski definition) is 0. The number of ether oxygens (including phenoxy) is 2. The molecule has 0 unspecified atom stereocenters. The van der Waals surface area contributed by atoms with Gasteiger partial charge in [-0.1, -0.05) is 54.0 Å². The minimum Gasteiger partial charge on any atom is -0.493 e. The molecule has 0 aliphatic rings. The number of halogens is 1. The molecule has 0 atom stereocenters. The van der Waals surface area contributed by atoms with Gasteiger partial charge in [-0.15, -0.1) is 0 Å². The summed E-state index contributed by atoms with van der Waals surface area (Å²) in [6.07, 6.45) is 1.56. The highest BCUT2D eigenvalue weighted by Crippen LogP contribution is 2.31. The molecule has 8 heteroatoms. The third-order valence-electron chi connectivity index (χ3n) is 5.40. The van der Waals surface area contributed by atoms with Crippen molar-refractivity contribution in [1.29, 1.82) is 5.26 Å². The fraction of sp³-hybridized carbons (Fsp3) is 0.185. The van der Waals surface area contributed by atoms with Crippen LogP contribution in [0.15, 0.2) is 75.0 Å². The predicted octanol–water partition coefficient (Wildman–Crippen LogP) is 5.62. The molecule has 0 aliphatic carbocycles. The Kier molecular flexibility index (Phi) is 7.28. The van der Waals surface area contributed by atoms with Crippen molar-refractivity contribution in [3.8, 4) is 17.6 Å². The number of rotatable bonds is 7. The highest BCUT2D eigenvalue weighted by molar-refractivity contribution is 9.10. The second-order valence-corrected chi connectivity index (χ2v) is 9.00. The fourth-order valence-electron chi connectivity index (χ4n) is 3.63. The van der Waals surface area contributed by atoms with E-state index >= 15 is 0 Å². The van der Waals surface area contributed by atoms with E-state index in [1.165, 1.54) is 4.68 Å². The first-order valence-corrected chi connectivity index (χ1v) is 11.8. The van der Waals surface area contributed by atoms with Crippen LogP contribution in [0.3, 0.4) is 0 Å². The molecule has 0 aliphatic heterocycles. The lowest BCUT2D eigenvalue weighted by Gasteiger charge is -2.14. The average molecular weight is 531 g/mol. The summed E-state index contributed by atoms with van der Waals surface area (Å²) in [5, 5.41) is 14.4. The van der Waals surface area contributed by atoms with Gasteiger partial charge in [0.2, 0.25) is 0 Å². The summed E-state index contributed by atoms with van der Waals surface area (Å²) < 4.78 is 13.7. The van der Waals surface area contributed by atoms with Gasteiger partial charge >= 0.3 is 0 Å². The van der Waals surface area contributed by atoms with Crippen LogP contribution in [-0.4, -0.2) is 23.0 Å². The van der Waals surface area contributed by atoms with E-state index in [-0.39, 0.29) is 18.1 Å². The number of methoxy groups -OCH3 is 1. The summed E-state index contributed by atoms with van der Waals surface area (Å²) in [4.78, 5) is 18.0. The Morgan fingerprint density at radius 3 is 2.71 bits per heavy atom. The zero-order valence-corrected chi connectivity index (χ0v) is 21.1. The van der Waals surface area contributed by atoms with Crippen LogP contribution >= 0.6 is 15.9 Å². The van der Waals surface area contributed by atoms with Crippen molar-refractivity contribution in [2.75, 3.05) is 7.11 Å². The van der Waals surface area contributed by atoms with Crippen molar-refractivity contribution >= 4 is 33.0 Å². The van der Waals surface area contributed by atoms with E-state index in [2.05, 4.69) is 32.1 Å². The zero-order valence-electron chi connectivity index (χ0n) is 19.5. The molecule has 0 saturated carbocycles. The average Bonchev–Trinajstić information content (AvgIpc) is 2.87. The molecule has 1 heterocycles. The third-order valence-corrected chi connectivity index (χ3v) is 5.89. The maximum Gasteiger partial charge on any atom is 0.282 e. The Morgan fingerprint density at radius 1 is 1.17 bits per heavy atom. The molecule has 35 heavy (non-hydrogen) atoms. The summed E-state index contributed by atoms with van der Waals surface area (Å²) in [5.41, 5.74) is 2.28. The molecule has 0 N–H and O–H groups in total. The molecule has 4 rings (SSSR count). The number of benzene rings is 3. The highest BCUT2D eigenvalue weighted by atomic mass is 79.9. The van der Waals surface area contributed by atoms with Crippen LogP contribution in [0.5, 0.6) is 11.5 Å². The maximum atomic E-state index is 13.3. The quantitative estimate of drug-likeness (QED) is 0.289. The van der Waals surface area contributed by atoms with Gasteiger partial charge in [0.15, 0.2) is 11.5 Å². The van der Waals surface area contributed by atoms with Crippen LogP contribution in [0.1, 0.15) is 42.3 Å². The van der Waals surface area contributed by atoms with Gasteiger partial charge in [-0.3, -0.25) is 4.79 Å². The van der Waals surface area contributed by atoms with Crippen molar-refractivity contribution < 1.29 is 9.47 Å². The molecule has 0 spiro atoms. The van der Waals surface area contributed by atoms with Crippen LogP contribution in [-0.2, 0) is 6.61 Å². The van der Waals surface area contributed by atoms with E-state index in [1.807, 2.05) is 56.3 Å². The summed E-state index contributed by atoms with van der Waals surface area (Å²) >= 11 is 3.42. The molecular weight excluding hydrogens is 508 g/mol. The number of hydrogen-bond acceptors (Lipinski definition) is 6. The van der Waals surface area contributed by atoms with Gasteiger partial charge in [-0.25, -0.2) is 4.98 Å². The molecular formula is C27H23BrN4O3. The number of nitrogens with zero attached hydrogens (tertiary/aromatic N) is 4. The lowest BCUT2D eigenvalue weighted by atomic mass is 10.1. The standard InChI is InChI=1S/C27H23BrN4O3/c1-17(2)26-31-23-12-11-21(28)13-22(23)27(33)32(26)30-15-19-9-6-10-24(34-3)25(19)35-16-20-8-5-4-7-18(20)14-29/h4-13,15,17H,16H2,1-3H3. The van der Waals surface area contributed by atoms with Crippen molar-refractivity contribution in [3.63, 3.8) is 0 Å². The largest absolute Gasteiger partial charge is 0.493 e. The van der Waals surface area contributed by atoms with Gasteiger partial charge in [0.1, 0.15) is 12.4 Å². The van der Waals surface area contributed by atoms with E-state index < -0.39 is 0 Å². The Morgan fingerprint density at radius 2 is 1.97 bits per heavy atom. The molecule has 0 saturated heterocycles. The minimum absolute atomic E-state index is 0.0311. The number of para-hydroxylation sites is 1. The van der Waals surface area contributed by atoms with E-state index in [4.69, 9.17) is 9.47 Å². The van der Waals surface area contributed by atoms with Crippen molar-refractivity contribution in [2.45, 2.75) is 26.4 Å². The Labute approximate surface area is 211 Å². The molecule has 0 bridgehead atoms. The minimum atomic E-state index is -0.260. The van der Waals surface area contributed by atoms with Gasteiger partial charge in [0.25, 0.3) is 5.56 Å². The smallest absolute Gasteiger partial charge is 0.282 e. The number of aromatic nitrogens is 2. The lowest BCUT2D eigenvalue weighted by molar-refractivity contribution is 0.284. The monoisotopic (exact) mass is 530 g/mol.